The van der Waals surface area contributed by atoms with Crippen LogP contribution in [-0.4, -0.2) is 43.7 Å². The van der Waals surface area contributed by atoms with Crippen molar-refractivity contribution >= 4 is 56.5 Å². The molecule has 35 heavy (non-hydrogen) atoms. The third-order valence-corrected chi connectivity index (χ3v) is 9.08. The number of hydrogen-bond acceptors (Lipinski definition) is 9. The van der Waals surface area contributed by atoms with Crippen LogP contribution in [0.15, 0.2) is 0 Å². The molecule has 0 saturated heterocycles. The quantitative estimate of drug-likeness (QED) is 0.269. The molecule has 2 heterocycles. The summed E-state index contributed by atoms with van der Waals surface area (Å²) in [6.07, 6.45) is 12.1. The first-order chi connectivity index (χ1) is 17.1. The molecule has 0 aliphatic heterocycles. The molecular formula is C24H38N6O2S3. The fourth-order valence-corrected chi connectivity index (χ4v) is 7.00. The number of hydrogen-bond donors (Lipinski definition) is 2. The Morgan fingerprint density at radius 3 is 2.09 bits per heavy atom. The second kappa shape index (κ2) is 15.5. The van der Waals surface area contributed by atoms with Gasteiger partial charge in [0, 0.05) is 25.7 Å². The summed E-state index contributed by atoms with van der Waals surface area (Å²) in [5.74, 6) is 2.92. The van der Waals surface area contributed by atoms with Gasteiger partial charge < -0.3 is 10.6 Å². The van der Waals surface area contributed by atoms with E-state index in [1.807, 2.05) is 11.8 Å². The highest BCUT2D eigenvalue weighted by molar-refractivity contribution is 7.99. The van der Waals surface area contributed by atoms with Gasteiger partial charge in [0.05, 0.1) is 0 Å². The van der Waals surface area contributed by atoms with Gasteiger partial charge in [-0.25, -0.2) is 0 Å². The predicted molar refractivity (Wildman–Crippen MR) is 146 cm³/mol. The Bertz CT molecular complexity index is 852. The standard InChI is InChI=1S/C24H38N6O2S3/c1-3-8-17(4-2)15-19(31)25-23-29-27-21(34-23)11-13-33-14-12-22-28-30-24(35-22)26-20(32)16-18-9-6-5-7-10-18/h17-18H,3-16H2,1-2H3,(H,25,29,31)(H,26,30,32). The maximum absolute atomic E-state index is 12.3. The molecule has 0 bridgehead atoms. The Morgan fingerprint density at radius 2 is 1.51 bits per heavy atom. The van der Waals surface area contributed by atoms with Gasteiger partial charge in [-0.1, -0.05) is 75.0 Å². The third kappa shape index (κ3) is 10.5. The second-order valence-corrected chi connectivity index (χ2v) is 12.5. The zero-order valence-electron chi connectivity index (χ0n) is 20.9. The van der Waals surface area contributed by atoms with Gasteiger partial charge in [0.2, 0.25) is 22.1 Å². The topological polar surface area (TPSA) is 110 Å². The van der Waals surface area contributed by atoms with E-state index in [0.29, 0.717) is 34.9 Å². The van der Waals surface area contributed by atoms with Gasteiger partial charge in [0.15, 0.2) is 0 Å². The number of nitrogens with zero attached hydrogens (tertiary/aromatic N) is 4. The zero-order valence-corrected chi connectivity index (χ0v) is 23.3. The van der Waals surface area contributed by atoms with Crippen LogP contribution in [0.1, 0.15) is 88.1 Å². The molecule has 0 spiro atoms. The summed E-state index contributed by atoms with van der Waals surface area (Å²) in [6, 6.07) is 0. The number of amides is 2. The predicted octanol–water partition coefficient (Wildman–Crippen LogP) is 5.97. The summed E-state index contributed by atoms with van der Waals surface area (Å²) in [4.78, 5) is 24.5. The van der Waals surface area contributed by atoms with Crippen LogP contribution in [0, 0.1) is 11.8 Å². The largest absolute Gasteiger partial charge is 0.301 e. The molecule has 11 heteroatoms. The van der Waals surface area contributed by atoms with Gasteiger partial charge >= 0.3 is 0 Å². The first kappa shape index (κ1) is 28.0. The van der Waals surface area contributed by atoms with Crippen molar-refractivity contribution in [1.29, 1.82) is 0 Å². The highest BCUT2D eigenvalue weighted by Crippen LogP contribution is 2.27. The van der Waals surface area contributed by atoms with Crippen LogP contribution in [0.3, 0.4) is 0 Å². The molecule has 2 amide bonds. The molecule has 8 nitrogen and oxygen atoms in total. The zero-order chi connectivity index (χ0) is 24.9. The number of aryl methyl sites for hydroxylation is 2. The van der Waals surface area contributed by atoms with Crippen molar-refractivity contribution in [1.82, 2.24) is 20.4 Å². The Kier molecular flexibility index (Phi) is 12.4. The van der Waals surface area contributed by atoms with Crippen LogP contribution in [0.4, 0.5) is 10.3 Å². The molecule has 0 aromatic carbocycles. The van der Waals surface area contributed by atoms with Gasteiger partial charge in [0.1, 0.15) is 10.0 Å². The van der Waals surface area contributed by atoms with E-state index in [2.05, 4.69) is 44.9 Å². The fraction of sp³-hybridized carbons (Fsp3) is 0.750. The Hall–Kier alpha value is -1.59. The van der Waals surface area contributed by atoms with E-state index < -0.39 is 0 Å². The molecule has 1 fully saturated rings. The minimum Gasteiger partial charge on any atom is -0.301 e. The summed E-state index contributed by atoms with van der Waals surface area (Å²) in [7, 11) is 0. The lowest BCUT2D eigenvalue weighted by molar-refractivity contribution is -0.118. The van der Waals surface area contributed by atoms with E-state index >= 15 is 0 Å². The van der Waals surface area contributed by atoms with Gasteiger partial charge in [-0.05, 0) is 36.2 Å². The first-order valence-corrected chi connectivity index (χ1v) is 15.7. The minimum atomic E-state index is 0.0315. The third-order valence-electron chi connectivity index (χ3n) is 6.29. The Morgan fingerprint density at radius 1 is 0.914 bits per heavy atom. The molecule has 1 atom stereocenters. The molecular weight excluding hydrogens is 501 g/mol. The van der Waals surface area contributed by atoms with Gasteiger partial charge in [-0.2, -0.15) is 11.8 Å². The summed E-state index contributed by atoms with van der Waals surface area (Å²) in [5, 5.41) is 25.6. The van der Waals surface area contributed by atoms with Crippen molar-refractivity contribution in [2.24, 2.45) is 11.8 Å². The number of carbonyl (C=O) groups excluding carboxylic acids is 2. The van der Waals surface area contributed by atoms with Gasteiger partial charge in [-0.15, -0.1) is 20.4 Å². The van der Waals surface area contributed by atoms with Crippen LogP contribution < -0.4 is 10.6 Å². The first-order valence-electron chi connectivity index (χ1n) is 12.9. The molecule has 1 saturated carbocycles. The van der Waals surface area contributed by atoms with E-state index in [4.69, 9.17) is 0 Å². The average Bonchev–Trinajstić information content (AvgIpc) is 3.48. The SMILES string of the molecule is CCCC(CC)CC(=O)Nc1nnc(CCSCCc2nnc(NC(=O)CC3CCCCC3)s2)s1. The van der Waals surface area contributed by atoms with Crippen molar-refractivity contribution in [2.75, 3.05) is 22.1 Å². The fourth-order valence-electron chi connectivity index (χ4n) is 4.35. The molecule has 0 radical (unpaired) electrons. The van der Waals surface area contributed by atoms with E-state index in [9.17, 15) is 9.59 Å². The van der Waals surface area contributed by atoms with E-state index in [1.54, 1.807) is 0 Å². The van der Waals surface area contributed by atoms with E-state index in [0.717, 1.165) is 66.5 Å². The van der Waals surface area contributed by atoms with Crippen LogP contribution in [-0.2, 0) is 22.4 Å². The summed E-state index contributed by atoms with van der Waals surface area (Å²) < 4.78 is 0. The number of thioether (sulfide) groups is 1. The minimum absolute atomic E-state index is 0.0315. The Balaban J connectivity index is 1.28. The van der Waals surface area contributed by atoms with Crippen molar-refractivity contribution < 1.29 is 9.59 Å². The summed E-state index contributed by atoms with van der Waals surface area (Å²) >= 11 is 4.76. The van der Waals surface area contributed by atoms with Crippen molar-refractivity contribution in [3.8, 4) is 0 Å². The lowest BCUT2D eigenvalue weighted by Crippen LogP contribution is -2.18. The number of anilines is 2. The normalized spacial score (nSPS) is 15.1. The second-order valence-electron chi connectivity index (χ2n) is 9.19. The molecule has 2 aromatic heterocycles. The number of nitrogens with one attached hydrogen (secondary N) is 2. The average molecular weight is 539 g/mol. The molecule has 3 rings (SSSR count). The van der Waals surface area contributed by atoms with Gasteiger partial charge in [-0.3, -0.25) is 9.59 Å². The van der Waals surface area contributed by atoms with Gasteiger partial charge in [0.25, 0.3) is 0 Å². The number of aromatic nitrogens is 4. The number of carbonyl (C=O) groups is 2. The smallest absolute Gasteiger partial charge is 0.226 e. The lowest BCUT2D eigenvalue weighted by Gasteiger charge is -2.20. The maximum atomic E-state index is 12.3. The van der Waals surface area contributed by atoms with Crippen LogP contribution in [0.5, 0.6) is 0 Å². The van der Waals surface area contributed by atoms with Crippen LogP contribution >= 0.6 is 34.4 Å². The van der Waals surface area contributed by atoms with Crippen molar-refractivity contribution in [3.05, 3.63) is 10.0 Å². The highest BCUT2D eigenvalue weighted by Gasteiger charge is 2.18. The molecule has 1 aliphatic rings. The maximum Gasteiger partial charge on any atom is 0.226 e. The molecule has 1 unspecified atom stereocenters. The highest BCUT2D eigenvalue weighted by atomic mass is 32.2. The Labute approximate surface area is 220 Å². The molecule has 1 aliphatic carbocycles. The van der Waals surface area contributed by atoms with E-state index in [-0.39, 0.29) is 11.8 Å². The van der Waals surface area contributed by atoms with Crippen molar-refractivity contribution in [3.63, 3.8) is 0 Å². The molecule has 2 N–H and O–H groups in total. The molecule has 194 valence electrons. The number of rotatable bonds is 15. The lowest BCUT2D eigenvalue weighted by atomic mass is 9.87. The monoisotopic (exact) mass is 538 g/mol. The van der Waals surface area contributed by atoms with Crippen molar-refractivity contribution in [2.45, 2.75) is 90.9 Å². The van der Waals surface area contributed by atoms with E-state index in [1.165, 1.54) is 41.9 Å². The van der Waals surface area contributed by atoms with Crippen LogP contribution in [0.25, 0.3) is 0 Å². The molecule has 2 aromatic rings. The van der Waals surface area contributed by atoms with Crippen LogP contribution in [0.2, 0.25) is 0 Å². The summed E-state index contributed by atoms with van der Waals surface area (Å²) in [6.45, 7) is 4.29. The summed E-state index contributed by atoms with van der Waals surface area (Å²) in [5.41, 5.74) is 0.